The highest BCUT2D eigenvalue weighted by molar-refractivity contribution is 6.38. The first-order chi connectivity index (χ1) is 8.15. The van der Waals surface area contributed by atoms with Crippen molar-refractivity contribution in [2.45, 2.75) is 6.92 Å². The second-order valence-electron chi connectivity index (χ2n) is 3.63. The highest BCUT2D eigenvalue weighted by Crippen LogP contribution is 2.33. The summed E-state index contributed by atoms with van der Waals surface area (Å²) in [6, 6.07) is 4.34. The monoisotopic (exact) mass is 251 g/mol. The molecule has 0 spiro atoms. The van der Waals surface area contributed by atoms with Gasteiger partial charge in [-0.05, 0) is 18.2 Å². The van der Waals surface area contributed by atoms with E-state index in [2.05, 4.69) is 15.2 Å². The Morgan fingerprint density at radius 2 is 2.18 bits per heavy atom. The van der Waals surface area contributed by atoms with Crippen molar-refractivity contribution in [1.82, 2.24) is 15.2 Å². The first-order valence-corrected chi connectivity index (χ1v) is 5.30. The normalized spacial score (nSPS) is 11.2. The Morgan fingerprint density at radius 1 is 1.35 bits per heavy atom. The number of nitrogens with zero attached hydrogens (tertiary/aromatic N) is 2. The minimum atomic E-state index is -0.341. The predicted octanol–water partition coefficient (Wildman–Crippen LogP) is 3.32. The fourth-order valence-corrected chi connectivity index (χ4v) is 1.96. The van der Waals surface area contributed by atoms with Crippen LogP contribution in [0.5, 0.6) is 0 Å². The lowest BCUT2D eigenvalue weighted by molar-refractivity contribution is 0.531. The maximum atomic E-state index is 13.1. The van der Waals surface area contributed by atoms with E-state index in [-0.39, 0.29) is 5.82 Å². The highest BCUT2D eigenvalue weighted by Gasteiger charge is 2.16. The third-order valence-corrected chi connectivity index (χ3v) is 2.83. The molecule has 4 nitrogen and oxygen atoms in total. The molecular formula is C11H7ClFN3O. The number of H-pyrrole nitrogens is 1. The smallest absolute Gasteiger partial charge is 0.265 e. The Kier molecular flexibility index (Phi) is 2.16. The summed E-state index contributed by atoms with van der Waals surface area (Å²) in [5.74, 6) is 0.400. The molecule has 3 rings (SSSR count). The van der Waals surface area contributed by atoms with Gasteiger partial charge in [0, 0.05) is 17.8 Å². The lowest BCUT2D eigenvalue weighted by Gasteiger charge is -1.90. The molecule has 0 amide bonds. The van der Waals surface area contributed by atoms with Gasteiger partial charge >= 0.3 is 0 Å². The number of aryl methyl sites for hydroxylation is 1. The molecule has 1 N–H and O–H groups in total. The summed E-state index contributed by atoms with van der Waals surface area (Å²) >= 11 is 6.15. The van der Waals surface area contributed by atoms with Crippen LogP contribution in [0, 0.1) is 12.7 Å². The molecule has 17 heavy (non-hydrogen) atoms. The number of hydrogen-bond acceptors (Lipinski definition) is 3. The number of fused-ring (bicyclic) bond motifs is 1. The topological polar surface area (TPSA) is 54.7 Å². The van der Waals surface area contributed by atoms with E-state index in [1.807, 2.05) is 0 Å². The molecule has 0 fully saturated rings. The lowest BCUT2D eigenvalue weighted by Crippen LogP contribution is -1.77. The zero-order chi connectivity index (χ0) is 12.0. The van der Waals surface area contributed by atoms with Gasteiger partial charge in [-0.3, -0.25) is 0 Å². The molecule has 86 valence electrons. The van der Waals surface area contributed by atoms with Gasteiger partial charge in [0.15, 0.2) is 0 Å². The number of nitrogens with one attached hydrogen (secondary N) is 1. The molecule has 0 bridgehead atoms. The number of aromatic amines is 1. The molecule has 0 aliphatic heterocycles. The van der Waals surface area contributed by atoms with Crippen molar-refractivity contribution in [2.75, 3.05) is 0 Å². The lowest BCUT2D eigenvalue weighted by atomic mass is 10.2. The summed E-state index contributed by atoms with van der Waals surface area (Å²) in [6.07, 6.45) is 0. The van der Waals surface area contributed by atoms with Crippen molar-refractivity contribution in [3.05, 3.63) is 34.9 Å². The van der Waals surface area contributed by atoms with Gasteiger partial charge in [0.05, 0.1) is 5.02 Å². The van der Waals surface area contributed by atoms with E-state index in [0.717, 1.165) is 5.52 Å². The fourth-order valence-electron chi connectivity index (χ4n) is 1.68. The Morgan fingerprint density at radius 3 is 2.88 bits per heavy atom. The Bertz CT molecular complexity index is 704. The summed E-state index contributed by atoms with van der Waals surface area (Å²) < 4.78 is 18.4. The predicted molar refractivity (Wildman–Crippen MR) is 61.3 cm³/mol. The van der Waals surface area contributed by atoms with Gasteiger partial charge in [-0.15, -0.1) is 10.2 Å². The van der Waals surface area contributed by atoms with Crippen LogP contribution in [-0.4, -0.2) is 15.2 Å². The number of hydrogen-bond donors (Lipinski definition) is 1. The zero-order valence-electron chi connectivity index (χ0n) is 8.79. The fraction of sp³-hybridized carbons (Fsp3) is 0.0909. The number of rotatable bonds is 1. The average Bonchev–Trinajstić information content (AvgIpc) is 2.84. The molecule has 0 aliphatic carbocycles. The molecule has 2 aromatic heterocycles. The van der Waals surface area contributed by atoms with E-state index in [9.17, 15) is 4.39 Å². The van der Waals surface area contributed by atoms with E-state index in [1.165, 1.54) is 12.1 Å². The largest absolute Gasteiger partial charge is 0.420 e. The van der Waals surface area contributed by atoms with Crippen molar-refractivity contribution in [1.29, 1.82) is 0 Å². The van der Waals surface area contributed by atoms with Crippen LogP contribution in [-0.2, 0) is 0 Å². The Labute approximate surface area is 100 Å². The molecule has 0 aliphatic rings. The zero-order valence-corrected chi connectivity index (χ0v) is 9.55. The van der Waals surface area contributed by atoms with Gasteiger partial charge in [0.2, 0.25) is 5.89 Å². The Balaban J connectivity index is 2.27. The molecule has 0 saturated heterocycles. The van der Waals surface area contributed by atoms with Gasteiger partial charge < -0.3 is 9.40 Å². The van der Waals surface area contributed by atoms with Crippen LogP contribution in [0.4, 0.5) is 4.39 Å². The number of halogens is 2. The number of aromatic nitrogens is 3. The Hall–Kier alpha value is -1.88. The van der Waals surface area contributed by atoms with Gasteiger partial charge in [-0.1, -0.05) is 11.6 Å². The van der Waals surface area contributed by atoms with Crippen LogP contribution in [0.2, 0.25) is 5.02 Å². The van der Waals surface area contributed by atoms with Crippen LogP contribution in [0.1, 0.15) is 5.89 Å². The molecule has 0 radical (unpaired) electrons. The van der Waals surface area contributed by atoms with Gasteiger partial charge in [-0.2, -0.15) is 0 Å². The molecule has 0 unspecified atom stereocenters. The standard InChI is InChI=1S/C11H7ClFN3O/c1-5-15-16-11(17-5)10-9(12)7-4-6(13)2-3-8(7)14-10/h2-4,14H,1H3. The van der Waals surface area contributed by atoms with Gasteiger partial charge in [0.25, 0.3) is 5.89 Å². The summed E-state index contributed by atoms with van der Waals surface area (Å²) in [5.41, 5.74) is 1.23. The third-order valence-electron chi connectivity index (χ3n) is 2.44. The minimum Gasteiger partial charge on any atom is -0.420 e. The molecule has 1 aromatic carbocycles. The average molecular weight is 252 g/mol. The maximum absolute atomic E-state index is 13.1. The van der Waals surface area contributed by atoms with Crippen LogP contribution < -0.4 is 0 Å². The molecule has 0 atom stereocenters. The van der Waals surface area contributed by atoms with Crippen molar-refractivity contribution >= 4 is 22.5 Å². The van der Waals surface area contributed by atoms with E-state index in [0.29, 0.717) is 27.9 Å². The second-order valence-corrected chi connectivity index (χ2v) is 4.01. The van der Waals surface area contributed by atoms with Gasteiger partial charge in [0.1, 0.15) is 11.5 Å². The minimum absolute atomic E-state index is 0.295. The van der Waals surface area contributed by atoms with Crippen LogP contribution in [0.3, 0.4) is 0 Å². The molecule has 6 heteroatoms. The molecule has 0 saturated carbocycles. The van der Waals surface area contributed by atoms with E-state index in [4.69, 9.17) is 16.0 Å². The number of benzene rings is 1. The van der Waals surface area contributed by atoms with Crippen molar-refractivity contribution in [2.24, 2.45) is 0 Å². The van der Waals surface area contributed by atoms with Gasteiger partial charge in [-0.25, -0.2) is 4.39 Å². The van der Waals surface area contributed by atoms with Crippen molar-refractivity contribution in [3.63, 3.8) is 0 Å². The summed E-state index contributed by atoms with van der Waals surface area (Å²) in [4.78, 5) is 3.03. The summed E-state index contributed by atoms with van der Waals surface area (Å²) in [6.45, 7) is 1.69. The van der Waals surface area contributed by atoms with E-state index >= 15 is 0 Å². The van der Waals surface area contributed by atoms with E-state index < -0.39 is 0 Å². The highest BCUT2D eigenvalue weighted by atomic mass is 35.5. The van der Waals surface area contributed by atoms with E-state index in [1.54, 1.807) is 13.0 Å². The first kappa shape index (κ1) is 10.3. The first-order valence-electron chi connectivity index (χ1n) is 4.92. The maximum Gasteiger partial charge on any atom is 0.265 e. The quantitative estimate of drug-likeness (QED) is 0.722. The van der Waals surface area contributed by atoms with Crippen LogP contribution in [0.15, 0.2) is 22.6 Å². The summed E-state index contributed by atoms with van der Waals surface area (Å²) in [7, 11) is 0. The second kappa shape index (κ2) is 3.56. The van der Waals surface area contributed by atoms with Crippen molar-refractivity contribution < 1.29 is 8.81 Å². The van der Waals surface area contributed by atoms with Crippen LogP contribution >= 0.6 is 11.6 Å². The molecule has 2 heterocycles. The molecular weight excluding hydrogens is 245 g/mol. The SMILES string of the molecule is Cc1nnc(-c2[nH]c3ccc(F)cc3c2Cl)o1. The van der Waals surface area contributed by atoms with Crippen molar-refractivity contribution in [3.8, 4) is 11.6 Å². The summed E-state index contributed by atoms with van der Waals surface area (Å²) in [5, 5.41) is 8.56. The molecule has 3 aromatic rings. The third kappa shape index (κ3) is 1.59. The van der Waals surface area contributed by atoms with Crippen LogP contribution in [0.25, 0.3) is 22.5 Å².